The maximum atomic E-state index is 12.9. The van der Waals surface area contributed by atoms with Crippen LogP contribution < -0.4 is 14.8 Å². The van der Waals surface area contributed by atoms with Gasteiger partial charge in [-0.15, -0.1) is 0 Å². The van der Waals surface area contributed by atoms with Crippen LogP contribution in [0.25, 0.3) is 0 Å². The van der Waals surface area contributed by atoms with Crippen molar-refractivity contribution in [3.63, 3.8) is 0 Å². The Kier molecular flexibility index (Phi) is 6.12. The van der Waals surface area contributed by atoms with Gasteiger partial charge >= 0.3 is 0 Å². The molecule has 2 N–H and O–H groups in total. The lowest BCUT2D eigenvalue weighted by Gasteiger charge is -2.14. The number of carbonyl (C=O) groups excluding carboxylic acids is 1. The normalized spacial score (nSPS) is 11.1. The van der Waals surface area contributed by atoms with Gasteiger partial charge < -0.3 is 10.1 Å². The molecular formula is C23H24N2O4S. The van der Waals surface area contributed by atoms with Gasteiger partial charge in [0.05, 0.1) is 12.0 Å². The fourth-order valence-electron chi connectivity index (χ4n) is 2.96. The Morgan fingerprint density at radius 3 is 2.27 bits per heavy atom. The smallest absolute Gasteiger partial charge is 0.261 e. The number of sulfonamides is 1. The topological polar surface area (TPSA) is 84.5 Å². The first-order valence-corrected chi connectivity index (χ1v) is 10.8. The molecule has 156 valence electrons. The molecule has 1 amide bonds. The van der Waals surface area contributed by atoms with E-state index in [0.29, 0.717) is 28.3 Å². The lowest BCUT2D eigenvalue weighted by molar-refractivity contribution is 0.102. The molecule has 0 atom stereocenters. The van der Waals surface area contributed by atoms with Crippen LogP contribution in [0.2, 0.25) is 0 Å². The van der Waals surface area contributed by atoms with Gasteiger partial charge in [-0.2, -0.15) is 0 Å². The average Bonchev–Trinajstić information content (AvgIpc) is 2.72. The second-order valence-electron chi connectivity index (χ2n) is 7.01. The first-order chi connectivity index (χ1) is 14.2. The third kappa shape index (κ3) is 4.63. The summed E-state index contributed by atoms with van der Waals surface area (Å²) in [5.41, 5.74) is 4.11. The Balaban J connectivity index is 1.87. The highest BCUT2D eigenvalue weighted by molar-refractivity contribution is 7.92. The fourth-order valence-corrected chi connectivity index (χ4v) is 4.05. The molecule has 0 saturated heterocycles. The summed E-state index contributed by atoms with van der Waals surface area (Å²) in [7, 11) is -2.33. The molecule has 3 rings (SSSR count). The molecule has 3 aromatic rings. The van der Waals surface area contributed by atoms with Gasteiger partial charge in [-0.3, -0.25) is 9.52 Å². The molecule has 0 spiro atoms. The van der Waals surface area contributed by atoms with E-state index in [1.807, 2.05) is 32.0 Å². The molecule has 0 aromatic heterocycles. The molecule has 0 aliphatic carbocycles. The van der Waals surface area contributed by atoms with Crippen LogP contribution in [0.4, 0.5) is 11.4 Å². The molecule has 0 unspecified atom stereocenters. The summed E-state index contributed by atoms with van der Waals surface area (Å²) in [6, 6.07) is 16.7. The van der Waals surface area contributed by atoms with Gasteiger partial charge in [0.15, 0.2) is 0 Å². The fraction of sp³-hybridized carbons (Fsp3) is 0.174. The minimum absolute atomic E-state index is 0.00929. The van der Waals surface area contributed by atoms with Crippen molar-refractivity contribution in [2.24, 2.45) is 0 Å². The molecule has 0 bridgehead atoms. The Bertz CT molecular complexity index is 1190. The van der Waals surface area contributed by atoms with E-state index in [4.69, 9.17) is 4.74 Å². The van der Waals surface area contributed by atoms with Gasteiger partial charge in [0, 0.05) is 16.9 Å². The minimum atomic E-state index is -3.86. The lowest BCUT2D eigenvalue weighted by Crippen LogP contribution is -2.17. The number of ether oxygens (including phenoxy) is 1. The number of benzene rings is 3. The zero-order valence-electron chi connectivity index (χ0n) is 17.3. The molecular weight excluding hydrogens is 400 g/mol. The number of rotatable bonds is 6. The predicted octanol–water partition coefficient (Wildman–Crippen LogP) is 4.67. The van der Waals surface area contributed by atoms with E-state index in [1.165, 1.54) is 19.2 Å². The molecule has 0 aliphatic heterocycles. The van der Waals surface area contributed by atoms with Gasteiger partial charge in [0.2, 0.25) is 0 Å². The van der Waals surface area contributed by atoms with Gasteiger partial charge in [0.25, 0.3) is 15.9 Å². The molecule has 7 heteroatoms. The molecule has 30 heavy (non-hydrogen) atoms. The van der Waals surface area contributed by atoms with E-state index in [-0.39, 0.29) is 10.8 Å². The zero-order valence-corrected chi connectivity index (χ0v) is 18.1. The largest absolute Gasteiger partial charge is 0.497 e. The standard InChI is InChI=1S/C23H24N2O4S/c1-15-6-5-7-22(17(15)3)24-23(26)21-14-20(13-8-16(21)2)30(27,28)25-18-9-11-19(29-4)12-10-18/h5-14,25H,1-4H3,(H,24,26). The zero-order chi connectivity index (χ0) is 21.9. The highest BCUT2D eigenvalue weighted by Crippen LogP contribution is 2.23. The van der Waals surface area contributed by atoms with Crippen LogP contribution in [0, 0.1) is 20.8 Å². The van der Waals surface area contributed by atoms with Crippen molar-refractivity contribution in [1.82, 2.24) is 0 Å². The minimum Gasteiger partial charge on any atom is -0.497 e. The summed E-state index contributed by atoms with van der Waals surface area (Å²) in [5.74, 6) is 0.265. The number of carbonyl (C=O) groups is 1. The number of hydrogen-bond acceptors (Lipinski definition) is 4. The van der Waals surface area contributed by atoms with Crippen LogP contribution in [0.3, 0.4) is 0 Å². The molecule has 0 saturated carbocycles. The van der Waals surface area contributed by atoms with E-state index >= 15 is 0 Å². The van der Waals surface area contributed by atoms with Gasteiger partial charge in [-0.05, 0) is 79.9 Å². The number of methoxy groups -OCH3 is 1. The molecule has 0 heterocycles. The number of aryl methyl sites for hydroxylation is 2. The summed E-state index contributed by atoms with van der Waals surface area (Å²) in [4.78, 5) is 12.9. The van der Waals surface area contributed by atoms with Crippen LogP contribution in [0.5, 0.6) is 5.75 Å². The molecule has 3 aromatic carbocycles. The van der Waals surface area contributed by atoms with Crippen LogP contribution in [0.15, 0.2) is 65.6 Å². The Labute approximate surface area is 177 Å². The predicted molar refractivity (Wildman–Crippen MR) is 119 cm³/mol. The summed E-state index contributed by atoms with van der Waals surface area (Å²) < 4.78 is 33.3. The maximum absolute atomic E-state index is 12.9. The highest BCUT2D eigenvalue weighted by atomic mass is 32.2. The van der Waals surface area contributed by atoms with E-state index in [2.05, 4.69) is 10.0 Å². The van der Waals surface area contributed by atoms with E-state index in [1.54, 1.807) is 37.3 Å². The van der Waals surface area contributed by atoms with E-state index < -0.39 is 10.0 Å². The Hall–Kier alpha value is -3.32. The maximum Gasteiger partial charge on any atom is 0.261 e. The molecule has 0 fully saturated rings. The Morgan fingerprint density at radius 2 is 1.60 bits per heavy atom. The first-order valence-electron chi connectivity index (χ1n) is 9.36. The summed E-state index contributed by atoms with van der Waals surface area (Å²) in [5, 5.41) is 2.88. The number of amides is 1. The van der Waals surface area contributed by atoms with Gasteiger partial charge in [0.1, 0.15) is 5.75 Å². The van der Waals surface area contributed by atoms with Gasteiger partial charge in [-0.1, -0.05) is 18.2 Å². The summed E-state index contributed by atoms with van der Waals surface area (Å²) in [6.45, 7) is 5.66. The summed E-state index contributed by atoms with van der Waals surface area (Å²) in [6.07, 6.45) is 0. The van der Waals surface area contributed by atoms with Crippen LogP contribution in [-0.2, 0) is 10.0 Å². The van der Waals surface area contributed by atoms with Crippen molar-refractivity contribution in [2.45, 2.75) is 25.7 Å². The second kappa shape index (κ2) is 8.59. The summed E-state index contributed by atoms with van der Waals surface area (Å²) >= 11 is 0. The molecule has 0 aliphatic rings. The third-order valence-electron chi connectivity index (χ3n) is 4.96. The van der Waals surface area contributed by atoms with Gasteiger partial charge in [-0.25, -0.2) is 8.42 Å². The van der Waals surface area contributed by atoms with Crippen molar-refractivity contribution in [3.8, 4) is 5.75 Å². The quantitative estimate of drug-likeness (QED) is 0.602. The third-order valence-corrected chi connectivity index (χ3v) is 6.34. The SMILES string of the molecule is COc1ccc(NS(=O)(=O)c2ccc(C)c(C(=O)Nc3cccc(C)c3C)c2)cc1. The van der Waals surface area contributed by atoms with Crippen molar-refractivity contribution in [1.29, 1.82) is 0 Å². The second-order valence-corrected chi connectivity index (χ2v) is 8.69. The van der Waals surface area contributed by atoms with Crippen molar-refractivity contribution in [2.75, 3.05) is 17.1 Å². The van der Waals surface area contributed by atoms with Crippen molar-refractivity contribution in [3.05, 3.63) is 82.9 Å². The Morgan fingerprint density at radius 1 is 0.900 bits per heavy atom. The highest BCUT2D eigenvalue weighted by Gasteiger charge is 2.19. The van der Waals surface area contributed by atoms with Crippen molar-refractivity contribution < 1.29 is 17.9 Å². The van der Waals surface area contributed by atoms with Crippen LogP contribution in [-0.4, -0.2) is 21.4 Å². The monoisotopic (exact) mass is 424 g/mol. The number of nitrogens with one attached hydrogen (secondary N) is 2. The average molecular weight is 425 g/mol. The van der Waals surface area contributed by atoms with Crippen molar-refractivity contribution >= 4 is 27.3 Å². The first kappa shape index (κ1) is 21.4. The molecule has 0 radical (unpaired) electrons. The number of anilines is 2. The van der Waals surface area contributed by atoms with Crippen LogP contribution in [0.1, 0.15) is 27.0 Å². The molecule has 6 nitrogen and oxygen atoms in total. The lowest BCUT2D eigenvalue weighted by atomic mass is 10.1. The van der Waals surface area contributed by atoms with Crippen LogP contribution >= 0.6 is 0 Å². The van der Waals surface area contributed by atoms with E-state index in [0.717, 1.165) is 11.1 Å². The van der Waals surface area contributed by atoms with E-state index in [9.17, 15) is 13.2 Å². The number of hydrogen-bond donors (Lipinski definition) is 2.